The van der Waals surface area contributed by atoms with E-state index in [2.05, 4.69) is 4.74 Å². The van der Waals surface area contributed by atoms with Crippen molar-refractivity contribution in [1.82, 2.24) is 0 Å². The summed E-state index contributed by atoms with van der Waals surface area (Å²) in [6.45, 7) is 0. The summed E-state index contributed by atoms with van der Waals surface area (Å²) in [5.74, 6) is -0.553. The summed E-state index contributed by atoms with van der Waals surface area (Å²) in [5.41, 5.74) is 6.87. The largest absolute Gasteiger partial charge is 0.465 e. The molecule has 2 N–H and O–H groups in total. The van der Waals surface area contributed by atoms with E-state index in [0.29, 0.717) is 16.5 Å². The maximum absolute atomic E-state index is 12.9. The van der Waals surface area contributed by atoms with Crippen LogP contribution in [0.4, 0.5) is 10.0 Å². The van der Waals surface area contributed by atoms with Gasteiger partial charge in [-0.1, -0.05) is 24.3 Å². The number of carbonyl (C=O) groups excluding carboxylic acids is 1. The van der Waals surface area contributed by atoms with E-state index in [0.717, 1.165) is 5.39 Å². The predicted molar refractivity (Wildman–Crippen MR) is 67.6 cm³/mol. The Morgan fingerprint density at radius 3 is 2.59 bits per heavy atom. The molecule has 2 rings (SSSR count). The summed E-state index contributed by atoms with van der Waals surface area (Å²) in [4.78, 5) is 11.5. The fourth-order valence-electron chi connectivity index (χ4n) is 1.86. The van der Waals surface area contributed by atoms with Gasteiger partial charge in [0.25, 0.3) is 0 Å². The molecule has 0 aliphatic heterocycles. The molecule has 0 saturated heterocycles. The number of rotatable bonds is 2. The minimum Gasteiger partial charge on any atom is -0.465 e. The van der Waals surface area contributed by atoms with Crippen molar-refractivity contribution >= 4 is 35.4 Å². The Bertz CT molecular complexity index is 586. The molecule has 3 nitrogen and oxygen atoms in total. The van der Waals surface area contributed by atoms with E-state index in [1.807, 2.05) is 0 Å². The van der Waals surface area contributed by atoms with E-state index in [4.69, 9.17) is 5.73 Å². The molecule has 0 saturated carbocycles. The smallest absolute Gasteiger partial charge is 0.364 e. The van der Waals surface area contributed by atoms with Gasteiger partial charge in [0, 0.05) is 5.39 Å². The van der Waals surface area contributed by atoms with Crippen LogP contribution in [0.3, 0.4) is 0 Å². The standard InChI is InChI=1S/C12H11BFNO2/c1-17-12(16)9-6-10(13-14)7-4-2-3-5-8(7)11(9)15/h2-6,13H,15H2,1H3. The van der Waals surface area contributed by atoms with Crippen LogP contribution in [0.5, 0.6) is 0 Å². The van der Waals surface area contributed by atoms with Crippen molar-refractivity contribution in [3.05, 3.63) is 35.9 Å². The van der Waals surface area contributed by atoms with Gasteiger partial charge in [-0.3, -0.25) is 0 Å². The van der Waals surface area contributed by atoms with Gasteiger partial charge in [0.2, 0.25) is 0 Å². The number of methoxy groups -OCH3 is 1. The van der Waals surface area contributed by atoms with E-state index in [9.17, 15) is 9.11 Å². The van der Waals surface area contributed by atoms with Crippen LogP contribution in [0.25, 0.3) is 10.8 Å². The van der Waals surface area contributed by atoms with Gasteiger partial charge in [-0.2, -0.15) is 0 Å². The first-order valence-corrected chi connectivity index (χ1v) is 5.13. The number of esters is 1. The zero-order chi connectivity index (χ0) is 12.4. The Hall–Kier alpha value is -2.04. The zero-order valence-corrected chi connectivity index (χ0v) is 9.37. The third-order valence-electron chi connectivity index (χ3n) is 2.72. The Balaban J connectivity index is 2.80. The number of nitrogen functional groups attached to an aromatic ring is 1. The highest BCUT2D eigenvalue weighted by Gasteiger charge is 2.16. The molecule has 0 spiro atoms. The second-order valence-electron chi connectivity index (χ2n) is 3.67. The molecule has 0 unspecified atom stereocenters. The Kier molecular flexibility index (Phi) is 3.00. The molecule has 0 bridgehead atoms. The van der Waals surface area contributed by atoms with Crippen LogP contribution in [0.15, 0.2) is 30.3 Å². The molecule has 0 radical (unpaired) electrons. The summed E-state index contributed by atoms with van der Waals surface area (Å²) >= 11 is 0. The van der Waals surface area contributed by atoms with Gasteiger partial charge in [0.1, 0.15) is 0 Å². The minimum absolute atomic E-state index is 0.207. The first-order chi connectivity index (χ1) is 8.19. The third kappa shape index (κ3) is 1.84. The maximum atomic E-state index is 12.9. The third-order valence-corrected chi connectivity index (χ3v) is 2.72. The van der Waals surface area contributed by atoms with Crippen molar-refractivity contribution in [2.45, 2.75) is 0 Å². The zero-order valence-electron chi connectivity index (χ0n) is 9.37. The highest BCUT2D eigenvalue weighted by Crippen LogP contribution is 2.23. The average Bonchev–Trinajstić information content (AvgIpc) is 2.39. The molecular weight excluding hydrogens is 220 g/mol. The number of hydrogen-bond acceptors (Lipinski definition) is 3. The molecule has 5 heteroatoms. The Morgan fingerprint density at radius 1 is 1.35 bits per heavy atom. The second-order valence-corrected chi connectivity index (χ2v) is 3.67. The van der Waals surface area contributed by atoms with Gasteiger partial charge < -0.3 is 14.8 Å². The van der Waals surface area contributed by atoms with E-state index in [1.54, 1.807) is 24.3 Å². The topological polar surface area (TPSA) is 52.3 Å². The number of nitrogens with two attached hydrogens (primary N) is 1. The van der Waals surface area contributed by atoms with Gasteiger partial charge >= 0.3 is 13.5 Å². The fourth-order valence-corrected chi connectivity index (χ4v) is 1.86. The quantitative estimate of drug-likeness (QED) is 0.479. The van der Waals surface area contributed by atoms with Crippen LogP contribution in [-0.4, -0.2) is 20.6 Å². The van der Waals surface area contributed by atoms with Crippen LogP contribution in [0.2, 0.25) is 0 Å². The summed E-state index contributed by atoms with van der Waals surface area (Å²) in [6, 6.07) is 8.59. The number of carbonyl (C=O) groups is 1. The lowest BCUT2D eigenvalue weighted by Crippen LogP contribution is -2.17. The molecule has 2 aromatic rings. The lowest BCUT2D eigenvalue weighted by atomic mass is 9.84. The number of benzene rings is 2. The summed E-state index contributed by atoms with van der Waals surface area (Å²) in [7, 11) is 0.622. The Morgan fingerprint density at radius 2 is 2.00 bits per heavy atom. The first kappa shape index (κ1) is 11.5. The van der Waals surface area contributed by atoms with Gasteiger partial charge in [0.05, 0.1) is 18.4 Å². The van der Waals surface area contributed by atoms with Crippen LogP contribution in [-0.2, 0) is 4.74 Å². The first-order valence-electron chi connectivity index (χ1n) is 5.13. The molecule has 0 atom stereocenters. The molecule has 0 fully saturated rings. The van der Waals surface area contributed by atoms with Crippen LogP contribution in [0, 0.1) is 0 Å². The molecule has 0 aliphatic carbocycles. The van der Waals surface area contributed by atoms with Gasteiger partial charge in [-0.05, 0) is 16.9 Å². The van der Waals surface area contributed by atoms with Crippen molar-refractivity contribution in [2.75, 3.05) is 12.8 Å². The number of hydrogen-bond donors (Lipinski definition) is 1. The summed E-state index contributed by atoms with van der Waals surface area (Å²) < 4.78 is 17.6. The average molecular weight is 231 g/mol. The van der Waals surface area contributed by atoms with E-state index >= 15 is 0 Å². The van der Waals surface area contributed by atoms with Crippen molar-refractivity contribution in [2.24, 2.45) is 0 Å². The second kappa shape index (κ2) is 4.45. The SMILES string of the molecule is COC(=O)c1cc(BF)c2ccccc2c1N. The molecule has 86 valence electrons. The molecule has 2 aromatic carbocycles. The van der Waals surface area contributed by atoms with Gasteiger partial charge in [-0.15, -0.1) is 0 Å². The van der Waals surface area contributed by atoms with Gasteiger partial charge in [-0.25, -0.2) is 4.79 Å². The van der Waals surface area contributed by atoms with Crippen molar-refractivity contribution < 1.29 is 13.8 Å². The van der Waals surface area contributed by atoms with Crippen LogP contribution < -0.4 is 11.2 Å². The number of fused-ring (bicyclic) bond motifs is 1. The van der Waals surface area contributed by atoms with Crippen molar-refractivity contribution in [3.8, 4) is 0 Å². The molecular formula is C12H11BFNO2. The van der Waals surface area contributed by atoms with Crippen LogP contribution in [0.1, 0.15) is 10.4 Å². The van der Waals surface area contributed by atoms with Gasteiger partial charge in [0.15, 0.2) is 0 Å². The van der Waals surface area contributed by atoms with Crippen LogP contribution >= 0.6 is 0 Å². The monoisotopic (exact) mass is 231 g/mol. The molecule has 0 amide bonds. The summed E-state index contributed by atoms with van der Waals surface area (Å²) in [6.07, 6.45) is 0. The van der Waals surface area contributed by atoms with E-state index < -0.39 is 13.5 Å². The van der Waals surface area contributed by atoms with E-state index in [1.165, 1.54) is 13.2 Å². The van der Waals surface area contributed by atoms with Crippen molar-refractivity contribution in [3.63, 3.8) is 0 Å². The molecule has 0 heterocycles. The molecule has 0 aliphatic rings. The number of ether oxygens (including phenoxy) is 1. The Labute approximate surface area is 98.7 Å². The number of halogens is 1. The normalized spacial score (nSPS) is 10.2. The lowest BCUT2D eigenvalue weighted by molar-refractivity contribution is 0.0602. The number of anilines is 1. The minimum atomic E-state index is -0.648. The lowest BCUT2D eigenvalue weighted by Gasteiger charge is -2.10. The highest BCUT2D eigenvalue weighted by molar-refractivity contribution is 6.51. The predicted octanol–water partition coefficient (Wildman–Crippen LogP) is 1.15. The van der Waals surface area contributed by atoms with Crippen molar-refractivity contribution in [1.29, 1.82) is 0 Å². The highest BCUT2D eigenvalue weighted by atomic mass is 19.1. The molecule has 0 aromatic heterocycles. The molecule has 17 heavy (non-hydrogen) atoms. The van der Waals surface area contributed by atoms with E-state index in [-0.39, 0.29) is 5.56 Å². The fraction of sp³-hybridized carbons (Fsp3) is 0.0833. The summed E-state index contributed by atoms with van der Waals surface area (Å²) in [5, 5.41) is 1.39. The maximum Gasteiger partial charge on any atom is 0.364 e.